The third-order valence-corrected chi connectivity index (χ3v) is 14.7. The molecule has 8 atom stereocenters. The number of aromatic amines is 2. The number of nitrogens with one attached hydrogen (secondary N) is 4. The van der Waals surface area contributed by atoms with Gasteiger partial charge in [0, 0.05) is 12.1 Å². The second kappa shape index (κ2) is 17.7. The van der Waals surface area contributed by atoms with Crippen molar-refractivity contribution in [2.45, 2.75) is 135 Å². The summed E-state index contributed by atoms with van der Waals surface area (Å²) >= 11 is 0. The number of methoxy groups -OCH3 is 2. The van der Waals surface area contributed by atoms with Crippen molar-refractivity contribution in [2.75, 3.05) is 14.2 Å². The molecule has 2 saturated heterocycles. The predicted octanol–water partition coefficient (Wildman–Crippen LogP) is 9.52. The summed E-state index contributed by atoms with van der Waals surface area (Å²) in [4.78, 5) is 73.0. The lowest BCUT2D eigenvalue weighted by atomic mass is 9.81. The molecule has 2 aliphatic carbocycles. The molecule has 5 aromatic rings. The Morgan fingerprint density at radius 1 is 0.646 bits per heavy atom. The van der Waals surface area contributed by atoms with Crippen molar-refractivity contribution in [3.05, 3.63) is 83.6 Å². The number of likely N-dealkylation sites (tertiary alicyclic amines) is 2. The van der Waals surface area contributed by atoms with E-state index in [-0.39, 0.29) is 47.8 Å². The molecule has 342 valence electrons. The molecule has 7 unspecified atom stereocenters. The van der Waals surface area contributed by atoms with Gasteiger partial charge in [-0.05, 0) is 134 Å². The highest BCUT2D eigenvalue weighted by molar-refractivity contribution is 5.89. The molecule has 4 heterocycles. The molecular weight excluding hydrogens is 821 g/mol. The fraction of sp³-hybridized carbons (Fsp3) is 0.490. The van der Waals surface area contributed by atoms with Crippen LogP contribution in [0.5, 0.6) is 0 Å². The first-order valence-corrected chi connectivity index (χ1v) is 23.4. The van der Waals surface area contributed by atoms with Crippen molar-refractivity contribution >= 4 is 35.0 Å². The molecule has 2 aromatic heterocycles. The Bertz CT molecular complexity index is 2620. The summed E-state index contributed by atoms with van der Waals surface area (Å²) in [6.45, 7) is 11.8. The normalized spacial score (nSPS) is 23.3. The zero-order valence-corrected chi connectivity index (χ0v) is 38.7. The molecule has 0 spiro atoms. The van der Waals surface area contributed by atoms with Crippen LogP contribution < -0.4 is 10.6 Å². The number of benzene rings is 3. The standard InChI is InChI=1S/C51H62N8O6/c1-26(2)44(56-50(62)64-7)48(60)58-28(5)9-21-40(58)46-52-25-39(55-46)31-13-11-30(12-14-31)35-18-19-36(43-34-16-15-33(23-34)42(35)43)32-17-20-37-38(24-32)54-47(53-37)41-22-10-29(6)59(41)49(61)45(27(3)4)57-51(63)65-8/h11-14,17-20,24-29,33-34,40-41,44-45H,9-10,15-16,21-23H2,1-8H3,(H,52,55)(H,53,54)(H,56,62)(H,57,63)/t28?,29?,33-,34?,40?,41?,44?,45?/m0/s1. The van der Waals surface area contributed by atoms with Crippen LogP contribution in [0.3, 0.4) is 0 Å². The predicted molar refractivity (Wildman–Crippen MR) is 249 cm³/mol. The average Bonchev–Trinajstić information content (AvgIpc) is 4.18. The minimum absolute atomic E-state index is 0.00141. The Morgan fingerprint density at radius 2 is 1.15 bits per heavy atom. The minimum Gasteiger partial charge on any atom is -0.453 e. The molecule has 2 aliphatic heterocycles. The smallest absolute Gasteiger partial charge is 0.407 e. The summed E-state index contributed by atoms with van der Waals surface area (Å²) in [5.74, 6) is 2.06. The van der Waals surface area contributed by atoms with Crippen LogP contribution in [0.1, 0.15) is 133 Å². The number of carbonyl (C=O) groups is 4. The molecule has 3 aromatic carbocycles. The lowest BCUT2D eigenvalue weighted by Crippen LogP contribution is -2.52. The second-order valence-electron chi connectivity index (χ2n) is 19.4. The van der Waals surface area contributed by atoms with Crippen molar-refractivity contribution in [2.24, 2.45) is 11.8 Å². The molecule has 14 heteroatoms. The fourth-order valence-corrected chi connectivity index (χ4v) is 11.3. The maximum Gasteiger partial charge on any atom is 0.407 e. The van der Waals surface area contributed by atoms with Gasteiger partial charge in [0.2, 0.25) is 11.8 Å². The van der Waals surface area contributed by atoms with Gasteiger partial charge in [-0.2, -0.15) is 0 Å². The van der Waals surface area contributed by atoms with Gasteiger partial charge in [-0.1, -0.05) is 70.2 Å². The molecule has 4 N–H and O–H groups in total. The Morgan fingerprint density at radius 3 is 1.69 bits per heavy atom. The second-order valence-corrected chi connectivity index (χ2v) is 19.4. The van der Waals surface area contributed by atoms with Crippen molar-refractivity contribution in [3.63, 3.8) is 0 Å². The Balaban J connectivity index is 0.960. The zero-order valence-electron chi connectivity index (χ0n) is 38.7. The number of hydrogen-bond donors (Lipinski definition) is 4. The van der Waals surface area contributed by atoms with Gasteiger partial charge in [0.1, 0.15) is 23.7 Å². The maximum absolute atomic E-state index is 14.0. The Labute approximate surface area is 380 Å². The summed E-state index contributed by atoms with van der Waals surface area (Å²) in [6, 6.07) is 17.9. The number of aromatic nitrogens is 4. The molecule has 1 saturated carbocycles. The van der Waals surface area contributed by atoms with Crippen LogP contribution in [0.4, 0.5) is 9.59 Å². The highest BCUT2D eigenvalue weighted by Gasteiger charge is 2.44. The first-order valence-electron chi connectivity index (χ1n) is 23.4. The fourth-order valence-electron chi connectivity index (χ4n) is 11.3. The van der Waals surface area contributed by atoms with Gasteiger partial charge in [0.15, 0.2) is 0 Å². The summed E-state index contributed by atoms with van der Waals surface area (Å²) in [5.41, 5.74) is 11.5. The SMILES string of the molecule is COC(=O)NC(C(=O)N1C(C)CCC1c1ncc(-c2ccc(-c3ccc(-c4ccc5nc(C6CCC(C)N6C(=O)C(NC(=O)OC)C(C)C)[nH]c5c4)c4c3[C@H]3CCC4C3)cc2)[nH]1)C(C)C. The van der Waals surface area contributed by atoms with Crippen LogP contribution >= 0.6 is 0 Å². The monoisotopic (exact) mass is 882 g/mol. The summed E-state index contributed by atoms with van der Waals surface area (Å²) in [7, 11) is 2.61. The number of hydrogen-bond acceptors (Lipinski definition) is 8. The third-order valence-electron chi connectivity index (χ3n) is 14.7. The quantitative estimate of drug-likeness (QED) is 0.101. The highest BCUT2D eigenvalue weighted by Crippen LogP contribution is 2.58. The molecule has 65 heavy (non-hydrogen) atoms. The number of imidazole rings is 2. The largest absolute Gasteiger partial charge is 0.453 e. The van der Waals surface area contributed by atoms with Crippen LogP contribution in [0.25, 0.3) is 44.5 Å². The van der Waals surface area contributed by atoms with Crippen LogP contribution in [0, 0.1) is 11.8 Å². The molecule has 9 rings (SSSR count). The highest BCUT2D eigenvalue weighted by atomic mass is 16.5. The molecular formula is C51H62N8O6. The van der Waals surface area contributed by atoms with Crippen molar-refractivity contribution in [1.29, 1.82) is 0 Å². The van der Waals surface area contributed by atoms with Gasteiger partial charge in [0.25, 0.3) is 0 Å². The molecule has 3 fully saturated rings. The van der Waals surface area contributed by atoms with Crippen molar-refractivity contribution in [1.82, 2.24) is 40.4 Å². The number of alkyl carbamates (subject to hydrolysis) is 2. The van der Waals surface area contributed by atoms with E-state index in [4.69, 9.17) is 19.4 Å². The first kappa shape index (κ1) is 44.0. The number of fused-ring (bicyclic) bond motifs is 6. The minimum atomic E-state index is -0.704. The van der Waals surface area contributed by atoms with E-state index in [1.165, 1.54) is 61.3 Å². The van der Waals surface area contributed by atoms with Gasteiger partial charge in [-0.25, -0.2) is 19.6 Å². The lowest BCUT2D eigenvalue weighted by Gasteiger charge is -2.32. The molecule has 4 aliphatic rings. The van der Waals surface area contributed by atoms with E-state index in [0.29, 0.717) is 11.8 Å². The van der Waals surface area contributed by atoms with Gasteiger partial charge in [-0.15, -0.1) is 0 Å². The average molecular weight is 883 g/mol. The molecule has 14 nitrogen and oxygen atoms in total. The van der Waals surface area contributed by atoms with Crippen LogP contribution in [0.2, 0.25) is 0 Å². The van der Waals surface area contributed by atoms with E-state index in [9.17, 15) is 19.2 Å². The Kier molecular flexibility index (Phi) is 12.0. The van der Waals surface area contributed by atoms with Crippen LogP contribution in [0.15, 0.2) is 60.8 Å². The third kappa shape index (κ3) is 8.03. The van der Waals surface area contributed by atoms with E-state index in [1.54, 1.807) is 0 Å². The van der Waals surface area contributed by atoms with E-state index >= 15 is 0 Å². The number of rotatable bonds is 11. The number of ether oxygens (including phenoxy) is 2. The van der Waals surface area contributed by atoms with E-state index in [2.05, 4.69) is 82.1 Å². The van der Waals surface area contributed by atoms with Crippen LogP contribution in [-0.2, 0) is 19.1 Å². The zero-order chi connectivity index (χ0) is 45.8. The van der Waals surface area contributed by atoms with Crippen LogP contribution in [-0.4, -0.2) is 92.1 Å². The number of amides is 4. The van der Waals surface area contributed by atoms with Gasteiger partial charge in [-0.3, -0.25) is 9.59 Å². The van der Waals surface area contributed by atoms with Crippen molar-refractivity contribution in [3.8, 4) is 33.5 Å². The number of H-pyrrole nitrogens is 2. The first-order chi connectivity index (χ1) is 31.3. The Hall–Kier alpha value is -6.18. The summed E-state index contributed by atoms with van der Waals surface area (Å²) < 4.78 is 9.67. The van der Waals surface area contributed by atoms with Gasteiger partial charge >= 0.3 is 12.2 Å². The van der Waals surface area contributed by atoms with E-state index < -0.39 is 24.3 Å². The topological polar surface area (TPSA) is 175 Å². The summed E-state index contributed by atoms with van der Waals surface area (Å²) in [5, 5.41) is 5.50. The van der Waals surface area contributed by atoms with Crippen molar-refractivity contribution < 1.29 is 28.7 Å². The summed E-state index contributed by atoms with van der Waals surface area (Å²) in [6.07, 6.45) is 7.43. The molecule has 2 bridgehead atoms. The van der Waals surface area contributed by atoms with Gasteiger partial charge < -0.3 is 39.9 Å². The molecule has 0 radical (unpaired) electrons. The lowest BCUT2D eigenvalue weighted by molar-refractivity contribution is -0.138. The van der Waals surface area contributed by atoms with E-state index in [1.807, 2.05) is 50.6 Å². The molecule has 4 amide bonds. The van der Waals surface area contributed by atoms with Gasteiger partial charge in [0.05, 0.1) is 49.2 Å². The van der Waals surface area contributed by atoms with E-state index in [0.717, 1.165) is 65.2 Å². The number of nitrogens with zero attached hydrogens (tertiary/aromatic N) is 4. The maximum atomic E-state index is 14.0. The number of carbonyl (C=O) groups excluding carboxylic acids is 4.